The topological polar surface area (TPSA) is 74.5 Å². The van der Waals surface area contributed by atoms with Crippen LogP contribution < -0.4 is 5.32 Å². The van der Waals surface area contributed by atoms with E-state index in [9.17, 15) is 4.79 Å². The minimum Gasteiger partial charge on any atom is -0.337 e. The van der Waals surface area contributed by atoms with Crippen LogP contribution in [0.25, 0.3) is 0 Å². The average molecular weight is 279 g/mol. The Kier molecular flexibility index (Phi) is 3.71. The molecule has 2 saturated heterocycles. The summed E-state index contributed by atoms with van der Waals surface area (Å²) in [7, 11) is 2.07. The molecule has 0 aromatic carbocycles. The zero-order valence-corrected chi connectivity index (χ0v) is 12.0. The second kappa shape index (κ2) is 5.49. The highest BCUT2D eigenvalue weighted by Crippen LogP contribution is 2.21. The van der Waals surface area contributed by atoms with Crippen molar-refractivity contribution in [3.05, 3.63) is 11.7 Å². The number of piperazine rings is 1. The lowest BCUT2D eigenvalue weighted by atomic mass is 10.2. The van der Waals surface area contributed by atoms with Crippen LogP contribution in [0, 0.1) is 0 Å². The molecule has 0 saturated carbocycles. The first-order valence-electron chi connectivity index (χ1n) is 7.21. The lowest BCUT2D eigenvalue weighted by Gasteiger charge is -2.37. The Morgan fingerprint density at radius 3 is 3.00 bits per heavy atom. The normalized spacial score (nSPS) is 28.0. The number of carbonyl (C=O) groups is 1. The molecule has 0 spiro atoms. The summed E-state index contributed by atoms with van der Waals surface area (Å²) >= 11 is 0. The second-order valence-corrected chi connectivity index (χ2v) is 5.71. The fourth-order valence-corrected chi connectivity index (χ4v) is 2.93. The van der Waals surface area contributed by atoms with Crippen LogP contribution in [-0.2, 0) is 0 Å². The van der Waals surface area contributed by atoms with Gasteiger partial charge >= 0.3 is 0 Å². The molecule has 20 heavy (non-hydrogen) atoms. The van der Waals surface area contributed by atoms with Crippen LogP contribution in [0.4, 0.5) is 0 Å². The first kappa shape index (κ1) is 13.5. The Hall–Kier alpha value is -1.47. The monoisotopic (exact) mass is 279 g/mol. The predicted octanol–water partition coefficient (Wildman–Crippen LogP) is 0.270. The van der Waals surface area contributed by atoms with E-state index in [1.807, 2.05) is 11.8 Å². The molecule has 3 heterocycles. The number of hydrogen-bond donors (Lipinski definition) is 1. The van der Waals surface area contributed by atoms with Gasteiger partial charge in [0, 0.05) is 25.7 Å². The van der Waals surface area contributed by atoms with Crippen molar-refractivity contribution in [3.8, 4) is 0 Å². The maximum Gasteiger partial charge on any atom is 0.295 e. The van der Waals surface area contributed by atoms with Crippen molar-refractivity contribution in [3.63, 3.8) is 0 Å². The first-order chi connectivity index (χ1) is 9.65. The van der Waals surface area contributed by atoms with Crippen LogP contribution in [0.15, 0.2) is 4.52 Å². The van der Waals surface area contributed by atoms with Crippen molar-refractivity contribution in [2.45, 2.75) is 31.8 Å². The Morgan fingerprint density at radius 2 is 2.30 bits per heavy atom. The lowest BCUT2D eigenvalue weighted by molar-refractivity contribution is 0.0518. The summed E-state index contributed by atoms with van der Waals surface area (Å²) in [5, 5.41) is 7.15. The van der Waals surface area contributed by atoms with Gasteiger partial charge in [-0.3, -0.25) is 4.79 Å². The Morgan fingerprint density at radius 1 is 1.45 bits per heavy atom. The summed E-state index contributed by atoms with van der Waals surface area (Å²) in [5.41, 5.74) is 0. The molecule has 110 valence electrons. The molecule has 1 aromatic rings. The summed E-state index contributed by atoms with van der Waals surface area (Å²) in [6.45, 7) is 5.48. The van der Waals surface area contributed by atoms with E-state index in [0.29, 0.717) is 12.4 Å². The molecule has 2 fully saturated rings. The summed E-state index contributed by atoms with van der Waals surface area (Å²) in [5.74, 6) is 0.594. The molecule has 7 nitrogen and oxygen atoms in total. The summed E-state index contributed by atoms with van der Waals surface area (Å²) < 4.78 is 5.24. The Labute approximate surface area is 118 Å². The number of amides is 1. The van der Waals surface area contributed by atoms with Crippen LogP contribution in [0.2, 0.25) is 0 Å². The van der Waals surface area contributed by atoms with E-state index in [0.717, 1.165) is 32.5 Å². The van der Waals surface area contributed by atoms with Gasteiger partial charge in [-0.25, -0.2) is 0 Å². The molecular formula is C13H21N5O2. The van der Waals surface area contributed by atoms with Crippen LogP contribution in [0.5, 0.6) is 0 Å². The molecule has 2 unspecified atom stereocenters. The highest BCUT2D eigenvalue weighted by atomic mass is 16.5. The van der Waals surface area contributed by atoms with Gasteiger partial charge in [0.25, 0.3) is 11.7 Å². The van der Waals surface area contributed by atoms with Gasteiger partial charge in [0.2, 0.25) is 5.89 Å². The summed E-state index contributed by atoms with van der Waals surface area (Å²) in [6, 6.07) is 0.279. The Balaban J connectivity index is 1.70. The summed E-state index contributed by atoms with van der Waals surface area (Å²) in [4.78, 5) is 20.8. The van der Waals surface area contributed by atoms with Gasteiger partial charge in [-0.05, 0) is 33.4 Å². The van der Waals surface area contributed by atoms with Crippen LogP contribution in [0.3, 0.4) is 0 Å². The highest BCUT2D eigenvalue weighted by molar-refractivity contribution is 5.90. The van der Waals surface area contributed by atoms with Crippen LogP contribution in [0.1, 0.15) is 42.3 Å². The van der Waals surface area contributed by atoms with Gasteiger partial charge in [-0.2, -0.15) is 4.98 Å². The highest BCUT2D eigenvalue weighted by Gasteiger charge is 2.31. The van der Waals surface area contributed by atoms with E-state index in [1.54, 1.807) is 0 Å². The third-order valence-electron chi connectivity index (χ3n) is 4.08. The molecule has 0 radical (unpaired) electrons. The molecule has 2 aliphatic heterocycles. The van der Waals surface area contributed by atoms with Crippen LogP contribution >= 0.6 is 0 Å². The first-order valence-corrected chi connectivity index (χ1v) is 7.21. The minimum absolute atomic E-state index is 0.106. The standard InChI is InChI=1S/C13H21N5O2/c1-9-8-17(2)6-7-18(9)13(19)11-15-12(20-16-11)10-4-3-5-14-10/h9-10,14H,3-8H2,1-2H3. The van der Waals surface area contributed by atoms with Crippen molar-refractivity contribution < 1.29 is 9.32 Å². The van der Waals surface area contributed by atoms with E-state index < -0.39 is 0 Å². The van der Waals surface area contributed by atoms with Gasteiger partial charge in [-0.15, -0.1) is 0 Å². The van der Waals surface area contributed by atoms with Gasteiger partial charge < -0.3 is 19.6 Å². The van der Waals surface area contributed by atoms with Gasteiger partial charge in [0.1, 0.15) is 0 Å². The number of rotatable bonds is 2. The molecule has 1 amide bonds. The third-order valence-corrected chi connectivity index (χ3v) is 4.08. The van der Waals surface area contributed by atoms with Crippen LogP contribution in [-0.4, -0.2) is 65.1 Å². The number of nitrogens with one attached hydrogen (secondary N) is 1. The van der Waals surface area contributed by atoms with Gasteiger partial charge in [-0.1, -0.05) is 5.16 Å². The third kappa shape index (κ3) is 2.55. The predicted molar refractivity (Wildman–Crippen MR) is 72.3 cm³/mol. The van der Waals surface area contributed by atoms with Crippen molar-refractivity contribution in [1.82, 2.24) is 25.3 Å². The lowest BCUT2D eigenvalue weighted by Crippen LogP contribution is -2.52. The molecule has 1 N–H and O–H groups in total. The fourth-order valence-electron chi connectivity index (χ4n) is 2.93. The number of nitrogens with zero attached hydrogens (tertiary/aromatic N) is 4. The Bertz CT molecular complexity index is 483. The molecule has 2 atom stereocenters. The molecule has 7 heteroatoms. The van der Waals surface area contributed by atoms with Gasteiger partial charge in [0.15, 0.2) is 0 Å². The fraction of sp³-hybridized carbons (Fsp3) is 0.769. The van der Waals surface area contributed by atoms with E-state index in [-0.39, 0.29) is 23.8 Å². The van der Waals surface area contributed by atoms with E-state index in [2.05, 4.69) is 27.4 Å². The molecule has 1 aromatic heterocycles. The maximum atomic E-state index is 12.4. The number of carbonyl (C=O) groups excluding carboxylic acids is 1. The zero-order chi connectivity index (χ0) is 14.1. The quantitative estimate of drug-likeness (QED) is 0.837. The smallest absolute Gasteiger partial charge is 0.295 e. The van der Waals surface area contributed by atoms with Crippen molar-refractivity contribution in [1.29, 1.82) is 0 Å². The largest absolute Gasteiger partial charge is 0.337 e. The maximum absolute atomic E-state index is 12.4. The summed E-state index contributed by atoms with van der Waals surface area (Å²) in [6.07, 6.45) is 2.09. The SMILES string of the molecule is CC1CN(C)CCN1C(=O)c1noc(C2CCCN2)n1. The number of likely N-dealkylation sites (N-methyl/N-ethyl adjacent to an activating group) is 1. The minimum atomic E-state index is -0.126. The zero-order valence-electron chi connectivity index (χ0n) is 12.0. The van der Waals surface area contributed by atoms with E-state index >= 15 is 0 Å². The second-order valence-electron chi connectivity index (χ2n) is 5.71. The molecule has 0 bridgehead atoms. The molecule has 0 aliphatic carbocycles. The number of hydrogen-bond acceptors (Lipinski definition) is 6. The van der Waals surface area contributed by atoms with Gasteiger partial charge in [0.05, 0.1) is 6.04 Å². The molecular weight excluding hydrogens is 258 g/mol. The molecule has 3 rings (SSSR count). The van der Waals surface area contributed by atoms with Crippen molar-refractivity contribution in [2.75, 3.05) is 33.2 Å². The van der Waals surface area contributed by atoms with Crippen molar-refractivity contribution >= 4 is 5.91 Å². The average Bonchev–Trinajstić information content (AvgIpc) is 3.09. The van der Waals surface area contributed by atoms with Crippen molar-refractivity contribution in [2.24, 2.45) is 0 Å². The molecule has 2 aliphatic rings. The number of aromatic nitrogens is 2. The van der Waals surface area contributed by atoms with E-state index in [4.69, 9.17) is 4.52 Å². The van der Waals surface area contributed by atoms with E-state index in [1.165, 1.54) is 0 Å².